The lowest BCUT2D eigenvalue weighted by Gasteiger charge is -2.20. The van der Waals surface area contributed by atoms with Crippen LogP contribution in [0.1, 0.15) is 29.3 Å². The Morgan fingerprint density at radius 2 is 2.26 bits per heavy atom. The van der Waals surface area contributed by atoms with Crippen molar-refractivity contribution in [2.24, 2.45) is 0 Å². The van der Waals surface area contributed by atoms with E-state index in [1.807, 2.05) is 23.6 Å². The predicted molar refractivity (Wildman–Crippen MR) is 74.5 cm³/mol. The molecule has 1 amide bonds. The maximum Gasteiger partial charge on any atom is 0.256 e. The van der Waals surface area contributed by atoms with Crippen molar-refractivity contribution in [1.82, 2.24) is 9.88 Å². The molecule has 0 spiro atoms. The lowest BCUT2D eigenvalue weighted by atomic mass is 10.00. The van der Waals surface area contributed by atoms with Gasteiger partial charge < -0.3 is 9.88 Å². The maximum atomic E-state index is 12.4. The molecular formula is C15H16N2O2. The molecule has 0 fully saturated rings. The third kappa shape index (κ3) is 1.84. The molecule has 2 heterocycles. The minimum Gasteiger partial charge on any atom is -0.352 e. The fourth-order valence-corrected chi connectivity index (χ4v) is 2.77. The van der Waals surface area contributed by atoms with Gasteiger partial charge in [-0.3, -0.25) is 9.59 Å². The van der Waals surface area contributed by atoms with Crippen LogP contribution in [-0.4, -0.2) is 17.0 Å². The first-order valence-electron chi connectivity index (χ1n) is 6.65. The molecular weight excluding hydrogens is 240 g/mol. The molecule has 1 aliphatic heterocycles. The number of carbonyl (C=O) groups is 1. The van der Waals surface area contributed by atoms with Crippen LogP contribution in [-0.2, 0) is 13.0 Å². The molecule has 1 N–H and O–H groups in total. The van der Waals surface area contributed by atoms with Crippen LogP contribution >= 0.6 is 0 Å². The summed E-state index contributed by atoms with van der Waals surface area (Å²) in [4.78, 5) is 24.4. The van der Waals surface area contributed by atoms with Gasteiger partial charge in [0.1, 0.15) is 5.56 Å². The molecule has 19 heavy (non-hydrogen) atoms. The highest BCUT2D eigenvalue weighted by Gasteiger charge is 2.18. The van der Waals surface area contributed by atoms with Crippen molar-refractivity contribution in [2.45, 2.75) is 26.3 Å². The highest BCUT2D eigenvalue weighted by molar-refractivity contribution is 5.97. The highest BCUT2D eigenvalue weighted by atomic mass is 16.2. The molecule has 1 aliphatic rings. The zero-order chi connectivity index (χ0) is 13.4. The number of rotatable bonds is 2. The second kappa shape index (κ2) is 4.53. The van der Waals surface area contributed by atoms with Gasteiger partial charge in [-0.2, -0.15) is 0 Å². The van der Waals surface area contributed by atoms with E-state index in [9.17, 15) is 9.59 Å². The summed E-state index contributed by atoms with van der Waals surface area (Å²) in [7, 11) is 0. The smallest absolute Gasteiger partial charge is 0.256 e. The molecule has 1 aromatic heterocycles. The van der Waals surface area contributed by atoms with Gasteiger partial charge in [0.25, 0.3) is 5.91 Å². The van der Waals surface area contributed by atoms with Gasteiger partial charge in [-0.25, -0.2) is 0 Å². The first-order chi connectivity index (χ1) is 9.22. The molecule has 0 bridgehead atoms. The lowest BCUT2D eigenvalue weighted by molar-refractivity contribution is 0.0954. The van der Waals surface area contributed by atoms with Crippen LogP contribution in [0.25, 0.3) is 10.9 Å². The molecule has 1 aromatic carbocycles. The third-order valence-corrected chi connectivity index (χ3v) is 3.61. The number of benzene rings is 1. The summed E-state index contributed by atoms with van der Waals surface area (Å²) in [6, 6.07) is 5.77. The van der Waals surface area contributed by atoms with Crippen LogP contribution in [0.2, 0.25) is 0 Å². The van der Waals surface area contributed by atoms with E-state index in [4.69, 9.17) is 0 Å². The van der Waals surface area contributed by atoms with Crippen molar-refractivity contribution in [3.8, 4) is 0 Å². The topological polar surface area (TPSA) is 51.1 Å². The average molecular weight is 256 g/mol. The number of carbonyl (C=O) groups excluding carboxylic acids is 1. The number of hydrogen-bond acceptors (Lipinski definition) is 2. The van der Waals surface area contributed by atoms with E-state index in [1.165, 1.54) is 5.56 Å². The quantitative estimate of drug-likeness (QED) is 0.889. The Balaban J connectivity index is 2.31. The van der Waals surface area contributed by atoms with Gasteiger partial charge >= 0.3 is 0 Å². The van der Waals surface area contributed by atoms with Crippen LogP contribution in [0.3, 0.4) is 0 Å². The lowest BCUT2D eigenvalue weighted by Crippen LogP contribution is -2.30. The average Bonchev–Trinajstić information content (AvgIpc) is 2.43. The summed E-state index contributed by atoms with van der Waals surface area (Å²) in [6.07, 6.45) is 3.75. The van der Waals surface area contributed by atoms with Gasteiger partial charge in [0.15, 0.2) is 0 Å². The monoisotopic (exact) mass is 256 g/mol. The number of aromatic nitrogens is 1. The molecule has 0 radical (unpaired) electrons. The van der Waals surface area contributed by atoms with Gasteiger partial charge in [0.05, 0.1) is 5.52 Å². The van der Waals surface area contributed by atoms with Crippen molar-refractivity contribution < 1.29 is 4.79 Å². The molecule has 0 saturated heterocycles. The standard InChI is InChI=1S/C15H16N2O2/c1-2-16-15(19)12-9-17-8-4-6-10-5-3-7-11(13(10)17)14(12)18/h3,5,7,9H,2,4,6,8H2,1H3,(H,16,19). The summed E-state index contributed by atoms with van der Waals surface area (Å²) in [6.45, 7) is 3.23. The Labute approximate surface area is 111 Å². The van der Waals surface area contributed by atoms with E-state index >= 15 is 0 Å². The van der Waals surface area contributed by atoms with Crippen molar-refractivity contribution in [1.29, 1.82) is 0 Å². The zero-order valence-electron chi connectivity index (χ0n) is 10.9. The zero-order valence-corrected chi connectivity index (χ0v) is 10.9. The number of nitrogens with zero attached hydrogens (tertiary/aromatic N) is 1. The number of aryl methyl sites for hydroxylation is 2. The molecule has 0 atom stereocenters. The van der Waals surface area contributed by atoms with E-state index in [0.29, 0.717) is 11.9 Å². The van der Waals surface area contributed by atoms with Crippen molar-refractivity contribution in [3.63, 3.8) is 0 Å². The fourth-order valence-electron chi connectivity index (χ4n) is 2.77. The Morgan fingerprint density at radius 3 is 3.05 bits per heavy atom. The van der Waals surface area contributed by atoms with Gasteiger partial charge in [0, 0.05) is 24.7 Å². The minimum atomic E-state index is -0.283. The summed E-state index contributed by atoms with van der Waals surface area (Å²) in [5, 5.41) is 3.35. The fraction of sp³-hybridized carbons (Fsp3) is 0.333. The Morgan fingerprint density at radius 1 is 1.42 bits per heavy atom. The number of amides is 1. The Hall–Kier alpha value is -2.10. The summed E-state index contributed by atoms with van der Waals surface area (Å²) in [5.41, 5.74) is 2.27. The van der Waals surface area contributed by atoms with Crippen molar-refractivity contribution in [3.05, 3.63) is 45.7 Å². The summed E-state index contributed by atoms with van der Waals surface area (Å²) < 4.78 is 2.04. The van der Waals surface area contributed by atoms with Crippen molar-refractivity contribution >= 4 is 16.8 Å². The third-order valence-electron chi connectivity index (χ3n) is 3.61. The van der Waals surface area contributed by atoms with Gasteiger partial charge in [-0.1, -0.05) is 12.1 Å². The van der Waals surface area contributed by atoms with Crippen LogP contribution in [0, 0.1) is 0 Å². The van der Waals surface area contributed by atoms with Crippen LogP contribution in [0.15, 0.2) is 29.2 Å². The summed E-state index contributed by atoms with van der Waals surface area (Å²) >= 11 is 0. The largest absolute Gasteiger partial charge is 0.352 e. The molecule has 3 rings (SSSR count). The first kappa shape index (κ1) is 12.0. The number of pyridine rings is 1. The van der Waals surface area contributed by atoms with Crippen LogP contribution in [0.4, 0.5) is 0 Å². The second-order valence-corrected chi connectivity index (χ2v) is 4.84. The maximum absolute atomic E-state index is 12.4. The number of nitrogens with one attached hydrogen (secondary N) is 1. The molecule has 4 nitrogen and oxygen atoms in total. The van der Waals surface area contributed by atoms with E-state index in [1.54, 1.807) is 6.20 Å². The minimum absolute atomic E-state index is 0.166. The van der Waals surface area contributed by atoms with Gasteiger partial charge in [-0.05, 0) is 31.4 Å². The number of para-hydroxylation sites is 1. The first-order valence-corrected chi connectivity index (χ1v) is 6.65. The van der Waals surface area contributed by atoms with Crippen molar-refractivity contribution in [2.75, 3.05) is 6.54 Å². The predicted octanol–water partition coefficient (Wildman–Crippen LogP) is 1.70. The second-order valence-electron chi connectivity index (χ2n) is 4.84. The molecule has 0 unspecified atom stereocenters. The van der Waals surface area contributed by atoms with E-state index in [-0.39, 0.29) is 16.9 Å². The molecule has 0 aliphatic carbocycles. The molecule has 0 saturated carbocycles. The Bertz CT molecular complexity index is 716. The number of hydrogen-bond donors (Lipinski definition) is 1. The van der Waals surface area contributed by atoms with E-state index in [2.05, 4.69) is 11.4 Å². The van der Waals surface area contributed by atoms with E-state index in [0.717, 1.165) is 24.9 Å². The SMILES string of the molecule is CCNC(=O)c1cn2c3c(cccc3c1=O)CCC2. The summed E-state index contributed by atoms with van der Waals surface area (Å²) in [5.74, 6) is -0.283. The van der Waals surface area contributed by atoms with Gasteiger partial charge in [-0.15, -0.1) is 0 Å². The van der Waals surface area contributed by atoms with Crippen LogP contribution < -0.4 is 10.7 Å². The molecule has 98 valence electrons. The highest BCUT2D eigenvalue weighted by Crippen LogP contribution is 2.23. The molecule has 2 aromatic rings. The van der Waals surface area contributed by atoms with Crippen LogP contribution in [0.5, 0.6) is 0 Å². The Kier molecular flexibility index (Phi) is 2.85. The molecule has 4 heteroatoms. The van der Waals surface area contributed by atoms with Gasteiger partial charge in [0.2, 0.25) is 5.43 Å². The van der Waals surface area contributed by atoms with E-state index < -0.39 is 0 Å². The normalized spacial score (nSPS) is 13.5.